The first kappa shape index (κ1) is 12.7. The van der Waals surface area contributed by atoms with Gasteiger partial charge < -0.3 is 10.3 Å². The number of benzene rings is 1. The van der Waals surface area contributed by atoms with Crippen molar-refractivity contribution >= 4 is 11.6 Å². The Kier molecular flexibility index (Phi) is 3.85. The van der Waals surface area contributed by atoms with Gasteiger partial charge in [0.1, 0.15) is 0 Å². The first-order valence-corrected chi connectivity index (χ1v) is 7.16. The lowest BCUT2D eigenvalue weighted by Gasteiger charge is -2.36. The Morgan fingerprint density at radius 2 is 2.16 bits per heavy atom. The molecule has 1 fully saturated rings. The van der Waals surface area contributed by atoms with Crippen LogP contribution in [0.1, 0.15) is 30.0 Å². The second-order valence-corrected chi connectivity index (χ2v) is 5.57. The van der Waals surface area contributed by atoms with E-state index in [-0.39, 0.29) is 0 Å². The highest BCUT2D eigenvalue weighted by Crippen LogP contribution is 2.39. The molecule has 2 N–H and O–H groups in total. The summed E-state index contributed by atoms with van der Waals surface area (Å²) in [6, 6.07) is 8.82. The second-order valence-electron chi connectivity index (χ2n) is 5.17. The molecule has 3 nitrogen and oxygen atoms in total. The van der Waals surface area contributed by atoms with Crippen molar-refractivity contribution in [2.75, 3.05) is 6.54 Å². The first-order chi connectivity index (χ1) is 9.33. The van der Waals surface area contributed by atoms with Crippen molar-refractivity contribution in [2.24, 2.45) is 0 Å². The highest BCUT2D eigenvalue weighted by Gasteiger charge is 2.30. The van der Waals surface area contributed by atoms with Gasteiger partial charge in [0.15, 0.2) is 0 Å². The lowest BCUT2D eigenvalue weighted by atomic mass is 9.76. The molecule has 0 saturated heterocycles. The topological polar surface area (TPSA) is 40.7 Å². The van der Waals surface area contributed by atoms with Crippen LogP contribution in [0.15, 0.2) is 36.8 Å². The van der Waals surface area contributed by atoms with E-state index < -0.39 is 0 Å². The molecule has 0 amide bonds. The molecule has 1 aliphatic carbocycles. The van der Waals surface area contributed by atoms with Gasteiger partial charge in [0.05, 0.1) is 6.33 Å². The van der Waals surface area contributed by atoms with Gasteiger partial charge in [0.2, 0.25) is 0 Å². The average molecular weight is 276 g/mol. The average Bonchev–Trinajstić information content (AvgIpc) is 2.87. The largest absolute Gasteiger partial charge is 0.348 e. The summed E-state index contributed by atoms with van der Waals surface area (Å²) in [5.74, 6) is 0.623. The predicted octanol–water partition coefficient (Wildman–Crippen LogP) is 3.14. The molecular formula is C15H18ClN3. The van der Waals surface area contributed by atoms with Crippen LogP contribution >= 0.6 is 11.6 Å². The smallest absolute Gasteiger partial charge is 0.0921 e. The molecule has 0 spiro atoms. The zero-order valence-corrected chi connectivity index (χ0v) is 11.5. The SMILES string of the molecule is Clc1ccccc1C1CC(NCCc2cnc[nH]2)C1. The maximum absolute atomic E-state index is 6.22. The minimum absolute atomic E-state index is 0.623. The Labute approximate surface area is 118 Å². The fourth-order valence-electron chi connectivity index (χ4n) is 2.68. The summed E-state index contributed by atoms with van der Waals surface area (Å²) in [6.45, 7) is 1.00. The van der Waals surface area contributed by atoms with Crippen molar-refractivity contribution < 1.29 is 0 Å². The number of aromatic amines is 1. The number of aromatic nitrogens is 2. The van der Waals surface area contributed by atoms with Gasteiger partial charge in [0, 0.05) is 35.9 Å². The van der Waals surface area contributed by atoms with Crippen LogP contribution in [0, 0.1) is 0 Å². The van der Waals surface area contributed by atoms with Crippen molar-refractivity contribution in [3.8, 4) is 0 Å². The third-order valence-corrected chi connectivity index (χ3v) is 4.21. The molecule has 19 heavy (non-hydrogen) atoms. The maximum atomic E-state index is 6.22. The van der Waals surface area contributed by atoms with E-state index in [2.05, 4.69) is 27.4 Å². The Morgan fingerprint density at radius 3 is 2.89 bits per heavy atom. The van der Waals surface area contributed by atoms with Crippen LogP contribution < -0.4 is 5.32 Å². The van der Waals surface area contributed by atoms with E-state index in [1.807, 2.05) is 18.3 Å². The Hall–Kier alpha value is -1.32. The molecule has 3 rings (SSSR count). The van der Waals surface area contributed by atoms with E-state index in [1.54, 1.807) is 6.33 Å². The number of imidazole rings is 1. The van der Waals surface area contributed by atoms with Crippen LogP contribution in [-0.4, -0.2) is 22.6 Å². The summed E-state index contributed by atoms with van der Waals surface area (Å²) in [7, 11) is 0. The quantitative estimate of drug-likeness (QED) is 0.880. The number of nitrogens with zero attached hydrogens (tertiary/aromatic N) is 1. The summed E-state index contributed by atoms with van der Waals surface area (Å²) in [5.41, 5.74) is 2.49. The maximum Gasteiger partial charge on any atom is 0.0921 e. The minimum atomic E-state index is 0.623. The van der Waals surface area contributed by atoms with Gasteiger partial charge in [-0.2, -0.15) is 0 Å². The van der Waals surface area contributed by atoms with Crippen molar-refractivity contribution in [3.63, 3.8) is 0 Å². The van der Waals surface area contributed by atoms with Crippen LogP contribution in [0.3, 0.4) is 0 Å². The molecule has 0 bridgehead atoms. The van der Waals surface area contributed by atoms with Crippen molar-refractivity contribution in [2.45, 2.75) is 31.2 Å². The van der Waals surface area contributed by atoms with Crippen LogP contribution in [0.5, 0.6) is 0 Å². The van der Waals surface area contributed by atoms with Gasteiger partial charge in [-0.1, -0.05) is 29.8 Å². The zero-order valence-electron chi connectivity index (χ0n) is 10.8. The van der Waals surface area contributed by atoms with Crippen molar-refractivity contribution in [1.29, 1.82) is 0 Å². The van der Waals surface area contributed by atoms with Gasteiger partial charge in [-0.15, -0.1) is 0 Å². The number of nitrogens with one attached hydrogen (secondary N) is 2. The molecule has 2 aromatic rings. The van der Waals surface area contributed by atoms with Gasteiger partial charge in [-0.3, -0.25) is 0 Å². The van der Waals surface area contributed by atoms with Gasteiger partial charge in [-0.05, 0) is 30.4 Å². The van der Waals surface area contributed by atoms with Gasteiger partial charge in [-0.25, -0.2) is 4.98 Å². The second kappa shape index (κ2) is 5.76. The summed E-state index contributed by atoms with van der Waals surface area (Å²) < 4.78 is 0. The Bertz CT molecular complexity index is 518. The highest BCUT2D eigenvalue weighted by atomic mass is 35.5. The third kappa shape index (κ3) is 2.99. The summed E-state index contributed by atoms with van der Waals surface area (Å²) in [6.07, 6.45) is 6.99. The Morgan fingerprint density at radius 1 is 1.32 bits per heavy atom. The normalized spacial score (nSPS) is 22.2. The number of hydrogen-bond acceptors (Lipinski definition) is 2. The van der Waals surface area contributed by atoms with Crippen LogP contribution in [0.4, 0.5) is 0 Å². The number of H-pyrrole nitrogens is 1. The molecule has 0 radical (unpaired) electrons. The molecule has 0 aliphatic heterocycles. The monoisotopic (exact) mass is 275 g/mol. The van der Waals surface area contributed by atoms with E-state index in [4.69, 9.17) is 11.6 Å². The molecule has 4 heteroatoms. The zero-order chi connectivity index (χ0) is 13.1. The molecule has 1 heterocycles. The Balaban J connectivity index is 1.42. The van der Waals surface area contributed by atoms with E-state index in [0.29, 0.717) is 12.0 Å². The van der Waals surface area contributed by atoms with Gasteiger partial charge in [0.25, 0.3) is 0 Å². The van der Waals surface area contributed by atoms with Gasteiger partial charge >= 0.3 is 0 Å². The van der Waals surface area contributed by atoms with Crippen LogP contribution in [0.25, 0.3) is 0 Å². The lowest BCUT2D eigenvalue weighted by molar-refractivity contribution is 0.292. The molecule has 100 valence electrons. The number of hydrogen-bond donors (Lipinski definition) is 2. The van der Waals surface area contributed by atoms with Crippen LogP contribution in [-0.2, 0) is 6.42 Å². The summed E-state index contributed by atoms with van der Waals surface area (Å²) >= 11 is 6.22. The molecule has 0 atom stereocenters. The molecule has 1 aromatic heterocycles. The van der Waals surface area contributed by atoms with E-state index in [1.165, 1.54) is 24.1 Å². The molecule has 1 saturated carbocycles. The molecule has 1 aromatic carbocycles. The molecule has 0 unspecified atom stereocenters. The standard InChI is InChI=1S/C15H18ClN3/c16-15-4-2-1-3-14(15)11-7-13(8-11)18-6-5-12-9-17-10-19-12/h1-4,9-11,13,18H,5-8H2,(H,17,19). The number of rotatable bonds is 5. The predicted molar refractivity (Wildman–Crippen MR) is 77.5 cm³/mol. The minimum Gasteiger partial charge on any atom is -0.348 e. The summed E-state index contributed by atoms with van der Waals surface area (Å²) in [5, 5.41) is 4.49. The van der Waals surface area contributed by atoms with Crippen molar-refractivity contribution in [1.82, 2.24) is 15.3 Å². The van der Waals surface area contributed by atoms with E-state index in [9.17, 15) is 0 Å². The third-order valence-electron chi connectivity index (χ3n) is 3.87. The van der Waals surface area contributed by atoms with Crippen LogP contribution in [0.2, 0.25) is 5.02 Å². The van der Waals surface area contributed by atoms with Crippen molar-refractivity contribution in [3.05, 3.63) is 53.1 Å². The summed E-state index contributed by atoms with van der Waals surface area (Å²) in [4.78, 5) is 7.14. The fourth-order valence-corrected chi connectivity index (χ4v) is 2.97. The molecular weight excluding hydrogens is 258 g/mol. The lowest BCUT2D eigenvalue weighted by Crippen LogP contribution is -2.41. The van der Waals surface area contributed by atoms with E-state index in [0.717, 1.165) is 18.0 Å². The highest BCUT2D eigenvalue weighted by molar-refractivity contribution is 6.31. The number of halogens is 1. The molecule has 1 aliphatic rings. The van der Waals surface area contributed by atoms with E-state index >= 15 is 0 Å². The first-order valence-electron chi connectivity index (χ1n) is 6.78. The fraction of sp³-hybridized carbons (Fsp3) is 0.400.